The van der Waals surface area contributed by atoms with Crippen LogP contribution >= 0.6 is 11.6 Å². The van der Waals surface area contributed by atoms with E-state index in [0.717, 1.165) is 29.4 Å². The van der Waals surface area contributed by atoms with Crippen LogP contribution in [0.25, 0.3) is 0 Å². The second-order valence-corrected chi connectivity index (χ2v) is 5.28. The average Bonchev–Trinajstić information content (AvgIpc) is 2.22. The minimum atomic E-state index is 0.331. The SMILES string of the molecule is Cc1ccc(NCC2(CN)CCC2)cc1Cl. The molecule has 1 aliphatic carbocycles. The van der Waals surface area contributed by atoms with Crippen LogP contribution in [0.5, 0.6) is 0 Å². The van der Waals surface area contributed by atoms with Gasteiger partial charge in [0.15, 0.2) is 0 Å². The van der Waals surface area contributed by atoms with E-state index >= 15 is 0 Å². The van der Waals surface area contributed by atoms with Crippen molar-refractivity contribution in [3.8, 4) is 0 Å². The Morgan fingerprint density at radius 3 is 2.69 bits per heavy atom. The van der Waals surface area contributed by atoms with Crippen LogP contribution in [0.1, 0.15) is 24.8 Å². The number of halogens is 1. The van der Waals surface area contributed by atoms with Crippen molar-refractivity contribution in [2.75, 3.05) is 18.4 Å². The highest BCUT2D eigenvalue weighted by Crippen LogP contribution is 2.39. The van der Waals surface area contributed by atoms with E-state index < -0.39 is 0 Å². The highest BCUT2D eigenvalue weighted by Gasteiger charge is 2.35. The summed E-state index contributed by atoms with van der Waals surface area (Å²) in [6.45, 7) is 3.75. The van der Waals surface area contributed by atoms with Crippen molar-refractivity contribution in [3.63, 3.8) is 0 Å². The largest absolute Gasteiger partial charge is 0.384 e. The summed E-state index contributed by atoms with van der Waals surface area (Å²) in [5.41, 5.74) is 8.36. The predicted octanol–water partition coefficient (Wildman–Crippen LogP) is 3.19. The van der Waals surface area contributed by atoms with Crippen molar-refractivity contribution >= 4 is 17.3 Å². The number of anilines is 1. The molecule has 3 N–H and O–H groups in total. The molecule has 2 nitrogen and oxygen atoms in total. The molecular weight excluding hydrogens is 220 g/mol. The molecule has 1 saturated carbocycles. The summed E-state index contributed by atoms with van der Waals surface area (Å²) in [4.78, 5) is 0. The van der Waals surface area contributed by atoms with E-state index in [0.29, 0.717) is 5.41 Å². The predicted molar refractivity (Wildman–Crippen MR) is 70.0 cm³/mol. The molecule has 1 fully saturated rings. The van der Waals surface area contributed by atoms with Crippen LogP contribution < -0.4 is 11.1 Å². The van der Waals surface area contributed by atoms with Crippen LogP contribution in [-0.4, -0.2) is 13.1 Å². The number of rotatable bonds is 4. The maximum absolute atomic E-state index is 6.08. The molecule has 0 spiro atoms. The maximum atomic E-state index is 6.08. The first-order chi connectivity index (χ1) is 7.65. The number of hydrogen-bond donors (Lipinski definition) is 2. The monoisotopic (exact) mass is 238 g/mol. The lowest BCUT2D eigenvalue weighted by Crippen LogP contribution is -2.42. The molecule has 0 unspecified atom stereocenters. The zero-order chi connectivity index (χ0) is 11.6. The molecule has 0 aromatic heterocycles. The van der Waals surface area contributed by atoms with Gasteiger partial charge in [-0.25, -0.2) is 0 Å². The van der Waals surface area contributed by atoms with Crippen LogP contribution in [0.4, 0.5) is 5.69 Å². The van der Waals surface area contributed by atoms with Crippen molar-refractivity contribution in [1.82, 2.24) is 0 Å². The van der Waals surface area contributed by atoms with E-state index in [9.17, 15) is 0 Å². The summed E-state index contributed by atoms with van der Waals surface area (Å²) in [6, 6.07) is 6.10. The Balaban J connectivity index is 1.96. The van der Waals surface area contributed by atoms with Gasteiger partial charge in [-0.2, -0.15) is 0 Å². The van der Waals surface area contributed by atoms with Gasteiger partial charge in [-0.15, -0.1) is 0 Å². The highest BCUT2D eigenvalue weighted by atomic mass is 35.5. The van der Waals surface area contributed by atoms with Crippen LogP contribution in [0, 0.1) is 12.3 Å². The third-order valence-electron chi connectivity index (χ3n) is 3.69. The first-order valence-electron chi connectivity index (χ1n) is 5.85. The van der Waals surface area contributed by atoms with E-state index in [1.807, 2.05) is 19.1 Å². The quantitative estimate of drug-likeness (QED) is 0.846. The summed E-state index contributed by atoms with van der Waals surface area (Å²) in [7, 11) is 0. The molecule has 16 heavy (non-hydrogen) atoms. The van der Waals surface area contributed by atoms with E-state index in [4.69, 9.17) is 17.3 Å². The van der Waals surface area contributed by atoms with Crippen molar-refractivity contribution < 1.29 is 0 Å². The lowest BCUT2D eigenvalue weighted by Gasteiger charge is -2.41. The van der Waals surface area contributed by atoms with E-state index in [1.54, 1.807) is 0 Å². The minimum Gasteiger partial charge on any atom is -0.384 e. The maximum Gasteiger partial charge on any atom is 0.0455 e. The zero-order valence-electron chi connectivity index (χ0n) is 9.72. The Kier molecular flexibility index (Phi) is 3.41. The Hall–Kier alpha value is -0.730. The Morgan fingerprint density at radius 2 is 2.19 bits per heavy atom. The average molecular weight is 239 g/mol. The number of benzene rings is 1. The number of aryl methyl sites for hydroxylation is 1. The van der Waals surface area contributed by atoms with Gasteiger partial charge < -0.3 is 11.1 Å². The molecule has 88 valence electrons. The fourth-order valence-electron chi connectivity index (χ4n) is 2.12. The molecule has 0 saturated heterocycles. The molecule has 1 aliphatic rings. The Morgan fingerprint density at radius 1 is 1.44 bits per heavy atom. The van der Waals surface area contributed by atoms with Crippen LogP contribution in [0.2, 0.25) is 5.02 Å². The van der Waals surface area contributed by atoms with Crippen molar-refractivity contribution in [1.29, 1.82) is 0 Å². The molecule has 0 atom stereocenters. The zero-order valence-corrected chi connectivity index (χ0v) is 10.5. The topological polar surface area (TPSA) is 38.0 Å². The minimum absolute atomic E-state index is 0.331. The van der Waals surface area contributed by atoms with Gasteiger partial charge in [-0.05, 0) is 49.4 Å². The fourth-order valence-corrected chi connectivity index (χ4v) is 2.30. The second-order valence-electron chi connectivity index (χ2n) is 4.88. The normalized spacial score (nSPS) is 17.9. The Labute approximate surface area is 102 Å². The molecule has 0 heterocycles. The number of nitrogens with two attached hydrogens (primary N) is 1. The lowest BCUT2D eigenvalue weighted by atomic mass is 9.69. The summed E-state index contributed by atoms with van der Waals surface area (Å²) in [5.74, 6) is 0. The molecular formula is C13H19ClN2. The standard InChI is InChI=1S/C13H19ClN2/c1-10-3-4-11(7-12(10)14)16-9-13(8-15)5-2-6-13/h3-4,7,16H,2,5-6,8-9,15H2,1H3. The van der Waals surface area contributed by atoms with E-state index in [2.05, 4.69) is 11.4 Å². The van der Waals surface area contributed by atoms with E-state index in [1.165, 1.54) is 19.3 Å². The molecule has 3 heteroatoms. The third-order valence-corrected chi connectivity index (χ3v) is 4.09. The molecule has 1 aromatic carbocycles. The van der Waals surface area contributed by atoms with Crippen LogP contribution in [0.3, 0.4) is 0 Å². The summed E-state index contributed by atoms with van der Waals surface area (Å²) in [5, 5.41) is 4.26. The second kappa shape index (κ2) is 4.64. The summed E-state index contributed by atoms with van der Waals surface area (Å²) >= 11 is 6.08. The molecule has 2 rings (SSSR count). The van der Waals surface area contributed by atoms with Crippen molar-refractivity contribution in [2.24, 2.45) is 11.1 Å². The fraction of sp³-hybridized carbons (Fsp3) is 0.538. The number of hydrogen-bond acceptors (Lipinski definition) is 2. The van der Waals surface area contributed by atoms with Gasteiger partial charge in [0.05, 0.1) is 0 Å². The van der Waals surface area contributed by atoms with Crippen molar-refractivity contribution in [3.05, 3.63) is 28.8 Å². The molecule has 0 radical (unpaired) electrons. The molecule has 0 bridgehead atoms. The van der Waals surface area contributed by atoms with Gasteiger partial charge in [0.1, 0.15) is 0 Å². The van der Waals surface area contributed by atoms with Crippen LogP contribution in [0.15, 0.2) is 18.2 Å². The van der Waals surface area contributed by atoms with E-state index in [-0.39, 0.29) is 0 Å². The first-order valence-corrected chi connectivity index (χ1v) is 6.23. The number of nitrogens with one attached hydrogen (secondary N) is 1. The lowest BCUT2D eigenvalue weighted by molar-refractivity contribution is 0.163. The van der Waals surface area contributed by atoms with Gasteiger partial charge in [-0.3, -0.25) is 0 Å². The van der Waals surface area contributed by atoms with Gasteiger partial charge in [0.2, 0.25) is 0 Å². The molecule has 1 aromatic rings. The Bertz CT molecular complexity index is 367. The summed E-state index contributed by atoms with van der Waals surface area (Å²) in [6.07, 6.45) is 3.81. The van der Waals surface area contributed by atoms with Crippen molar-refractivity contribution in [2.45, 2.75) is 26.2 Å². The highest BCUT2D eigenvalue weighted by molar-refractivity contribution is 6.31. The van der Waals surface area contributed by atoms with Crippen LogP contribution in [-0.2, 0) is 0 Å². The molecule has 0 aliphatic heterocycles. The van der Waals surface area contributed by atoms with Gasteiger partial charge in [0, 0.05) is 17.3 Å². The summed E-state index contributed by atoms with van der Waals surface area (Å²) < 4.78 is 0. The van der Waals surface area contributed by atoms with Gasteiger partial charge >= 0.3 is 0 Å². The first kappa shape index (κ1) is 11.7. The smallest absolute Gasteiger partial charge is 0.0455 e. The third kappa shape index (κ3) is 2.33. The molecule has 0 amide bonds. The van der Waals surface area contributed by atoms with Gasteiger partial charge in [0.25, 0.3) is 0 Å². The van der Waals surface area contributed by atoms with Gasteiger partial charge in [-0.1, -0.05) is 24.1 Å².